The summed E-state index contributed by atoms with van der Waals surface area (Å²) in [5.41, 5.74) is 5.77. The summed E-state index contributed by atoms with van der Waals surface area (Å²) in [7, 11) is 1.26. The fraction of sp³-hybridized carbons (Fsp3) is 0.133. The second kappa shape index (κ2) is 6.00. The molecule has 0 radical (unpaired) electrons. The highest BCUT2D eigenvalue weighted by Crippen LogP contribution is 2.32. The molecule has 0 saturated carbocycles. The van der Waals surface area contributed by atoms with E-state index in [1.54, 1.807) is 0 Å². The number of nitrogens with zero attached hydrogens (tertiary/aromatic N) is 2. The van der Waals surface area contributed by atoms with Crippen LogP contribution in [0.5, 0.6) is 5.75 Å². The number of anilines is 2. The normalized spacial score (nSPS) is 10.8. The number of hydrogen-bond acceptors (Lipinski definition) is 6. The summed E-state index contributed by atoms with van der Waals surface area (Å²) in [5, 5.41) is 3.75. The van der Waals surface area contributed by atoms with Gasteiger partial charge < -0.3 is 15.8 Å². The van der Waals surface area contributed by atoms with Crippen LogP contribution in [0.4, 0.5) is 20.3 Å². The van der Waals surface area contributed by atoms with Crippen molar-refractivity contribution >= 4 is 39.0 Å². The predicted octanol–water partition coefficient (Wildman–Crippen LogP) is 3.12. The number of nitrogens with one attached hydrogen (secondary N) is 1. The molecule has 3 rings (SSSR count). The number of rotatable bonds is 3. The van der Waals surface area contributed by atoms with Gasteiger partial charge in [-0.3, -0.25) is 4.79 Å². The van der Waals surface area contributed by atoms with E-state index in [9.17, 15) is 13.6 Å². The van der Waals surface area contributed by atoms with Gasteiger partial charge in [0.05, 0.1) is 22.9 Å². The molecule has 0 aliphatic rings. The average molecular weight is 350 g/mol. The number of hydrogen-bond donors (Lipinski definition) is 2. The Kier molecular flexibility index (Phi) is 4.02. The van der Waals surface area contributed by atoms with Crippen molar-refractivity contribution < 1.29 is 18.3 Å². The molecule has 9 heteroatoms. The van der Waals surface area contributed by atoms with Gasteiger partial charge in [-0.15, -0.1) is 11.3 Å². The van der Waals surface area contributed by atoms with Crippen LogP contribution in [-0.4, -0.2) is 23.0 Å². The number of nitrogen functional groups attached to an aromatic ring is 1. The molecule has 3 N–H and O–H groups in total. The lowest BCUT2D eigenvalue weighted by Gasteiger charge is -2.12. The van der Waals surface area contributed by atoms with Crippen LogP contribution in [-0.2, 0) is 0 Å². The topological polar surface area (TPSA) is 90.1 Å². The zero-order chi connectivity index (χ0) is 17.4. The maximum Gasteiger partial charge on any atom is 0.258 e. The van der Waals surface area contributed by atoms with Crippen molar-refractivity contribution in [1.29, 1.82) is 0 Å². The molecule has 1 aromatic carbocycles. The summed E-state index contributed by atoms with van der Waals surface area (Å²) in [6.45, 7) is 1.45. The molecule has 3 aromatic rings. The van der Waals surface area contributed by atoms with Crippen LogP contribution >= 0.6 is 11.3 Å². The van der Waals surface area contributed by atoms with E-state index in [4.69, 9.17) is 10.5 Å². The molecular formula is C15H12F2N4O2S. The van der Waals surface area contributed by atoms with E-state index in [1.165, 1.54) is 43.1 Å². The number of benzene rings is 1. The third kappa shape index (κ3) is 2.52. The smallest absolute Gasteiger partial charge is 0.258 e. The number of carbonyl (C=O) groups is 1. The van der Waals surface area contributed by atoms with E-state index in [-0.39, 0.29) is 22.7 Å². The van der Waals surface area contributed by atoms with E-state index in [2.05, 4.69) is 15.3 Å². The van der Waals surface area contributed by atoms with Gasteiger partial charge >= 0.3 is 0 Å². The molecule has 0 bridgehead atoms. The number of nitrogens with two attached hydrogens (primary N) is 1. The summed E-state index contributed by atoms with van der Waals surface area (Å²) in [6.07, 6.45) is 1.22. The summed E-state index contributed by atoms with van der Waals surface area (Å²) < 4.78 is 33.9. The Bertz CT molecular complexity index is 958. The van der Waals surface area contributed by atoms with Crippen molar-refractivity contribution in [2.45, 2.75) is 6.92 Å². The third-order valence-electron chi connectivity index (χ3n) is 3.43. The van der Waals surface area contributed by atoms with Gasteiger partial charge in [0, 0.05) is 5.38 Å². The largest absolute Gasteiger partial charge is 0.494 e. The maximum atomic E-state index is 14.3. The zero-order valence-corrected chi connectivity index (χ0v) is 13.5. The summed E-state index contributed by atoms with van der Waals surface area (Å²) in [6, 6.07) is 1.22. The molecule has 0 spiro atoms. The fourth-order valence-corrected chi connectivity index (χ4v) is 3.11. The molecule has 6 nitrogen and oxygen atoms in total. The first-order valence-corrected chi connectivity index (χ1v) is 7.63. The number of methoxy groups -OCH3 is 1. The van der Waals surface area contributed by atoms with Gasteiger partial charge in [0.15, 0.2) is 17.4 Å². The van der Waals surface area contributed by atoms with Gasteiger partial charge in [-0.1, -0.05) is 0 Å². The molecule has 2 aromatic heterocycles. The fourth-order valence-electron chi connectivity index (χ4n) is 2.21. The van der Waals surface area contributed by atoms with Gasteiger partial charge in [-0.05, 0) is 18.6 Å². The first-order valence-electron chi connectivity index (χ1n) is 6.75. The zero-order valence-electron chi connectivity index (χ0n) is 12.7. The van der Waals surface area contributed by atoms with E-state index in [0.717, 1.165) is 0 Å². The van der Waals surface area contributed by atoms with Crippen LogP contribution in [0.1, 0.15) is 15.9 Å². The Balaban J connectivity index is 2.04. The van der Waals surface area contributed by atoms with Crippen LogP contribution < -0.4 is 15.8 Å². The highest BCUT2D eigenvalue weighted by molar-refractivity contribution is 7.18. The number of halogens is 2. The third-order valence-corrected chi connectivity index (χ3v) is 4.43. The van der Waals surface area contributed by atoms with Crippen LogP contribution in [0.2, 0.25) is 0 Å². The molecule has 0 aliphatic heterocycles. The SMILES string of the molecule is COc1cc(C)c(F)c(NC(=O)c2csc3c(N)ncnc23)c1F. The molecule has 24 heavy (non-hydrogen) atoms. The quantitative estimate of drug-likeness (QED) is 0.757. The molecule has 1 amide bonds. The Morgan fingerprint density at radius 3 is 2.79 bits per heavy atom. The summed E-state index contributed by atoms with van der Waals surface area (Å²) in [5.74, 6) is -2.48. The Morgan fingerprint density at radius 1 is 1.33 bits per heavy atom. The van der Waals surface area contributed by atoms with Crippen LogP contribution in [0.3, 0.4) is 0 Å². The molecule has 0 aliphatic carbocycles. The minimum atomic E-state index is -0.984. The first kappa shape index (κ1) is 16.1. The van der Waals surface area contributed by atoms with Gasteiger partial charge in [-0.2, -0.15) is 0 Å². The number of thiophene rings is 1. The Labute approximate surface area is 139 Å². The van der Waals surface area contributed by atoms with Crippen LogP contribution in [0.15, 0.2) is 17.8 Å². The highest BCUT2D eigenvalue weighted by atomic mass is 32.1. The highest BCUT2D eigenvalue weighted by Gasteiger charge is 2.22. The minimum Gasteiger partial charge on any atom is -0.494 e. The second-order valence-electron chi connectivity index (χ2n) is 4.94. The Hall–Kier alpha value is -2.81. The standard InChI is InChI=1S/C15H12F2N4O2S/c1-6-3-8(23-2)10(17)12(9(6)16)21-15(22)7-4-24-13-11(7)19-5-20-14(13)18/h3-5H,1-2H3,(H,21,22)(H2,18,19,20). The van der Waals surface area contributed by atoms with Crippen molar-refractivity contribution in [1.82, 2.24) is 9.97 Å². The lowest BCUT2D eigenvalue weighted by atomic mass is 10.1. The minimum absolute atomic E-state index is 0.144. The van der Waals surface area contributed by atoms with Crippen molar-refractivity contribution in [3.05, 3.63) is 40.5 Å². The van der Waals surface area contributed by atoms with Crippen molar-refractivity contribution in [3.63, 3.8) is 0 Å². The monoisotopic (exact) mass is 350 g/mol. The van der Waals surface area contributed by atoms with E-state index < -0.39 is 23.2 Å². The second-order valence-corrected chi connectivity index (χ2v) is 5.82. The predicted molar refractivity (Wildman–Crippen MR) is 87.4 cm³/mol. The van der Waals surface area contributed by atoms with Gasteiger partial charge in [0.25, 0.3) is 5.91 Å². The van der Waals surface area contributed by atoms with Crippen molar-refractivity contribution in [2.75, 3.05) is 18.2 Å². The molecule has 0 fully saturated rings. The number of fused-ring (bicyclic) bond motifs is 1. The van der Waals surface area contributed by atoms with Gasteiger partial charge in [0.2, 0.25) is 0 Å². The number of aryl methyl sites for hydroxylation is 1. The first-order chi connectivity index (χ1) is 11.4. The molecule has 0 saturated heterocycles. The lowest BCUT2D eigenvalue weighted by Crippen LogP contribution is -2.15. The van der Waals surface area contributed by atoms with E-state index >= 15 is 0 Å². The lowest BCUT2D eigenvalue weighted by molar-refractivity contribution is 0.102. The van der Waals surface area contributed by atoms with Crippen molar-refractivity contribution in [2.24, 2.45) is 0 Å². The summed E-state index contributed by atoms with van der Waals surface area (Å²) >= 11 is 1.18. The molecule has 124 valence electrons. The number of carbonyl (C=O) groups excluding carboxylic acids is 1. The summed E-state index contributed by atoms with van der Waals surface area (Å²) in [4.78, 5) is 20.3. The van der Waals surface area contributed by atoms with Gasteiger partial charge in [-0.25, -0.2) is 18.7 Å². The van der Waals surface area contributed by atoms with Crippen LogP contribution in [0, 0.1) is 18.6 Å². The molecular weight excluding hydrogens is 338 g/mol. The number of aromatic nitrogens is 2. The number of amides is 1. The van der Waals surface area contributed by atoms with E-state index in [0.29, 0.717) is 10.2 Å². The van der Waals surface area contributed by atoms with Crippen molar-refractivity contribution in [3.8, 4) is 5.75 Å². The van der Waals surface area contributed by atoms with E-state index in [1.807, 2.05) is 0 Å². The number of ether oxygens (including phenoxy) is 1. The Morgan fingerprint density at radius 2 is 2.08 bits per heavy atom. The van der Waals surface area contributed by atoms with Crippen LogP contribution in [0.25, 0.3) is 10.2 Å². The maximum absolute atomic E-state index is 14.3. The van der Waals surface area contributed by atoms with Gasteiger partial charge in [0.1, 0.15) is 17.8 Å². The molecule has 0 atom stereocenters. The average Bonchev–Trinajstić information content (AvgIpc) is 3.00. The molecule has 0 unspecified atom stereocenters. The molecule has 2 heterocycles.